The van der Waals surface area contributed by atoms with Crippen LogP contribution < -0.4 is 10.2 Å². The highest BCUT2D eigenvalue weighted by Crippen LogP contribution is 2.50. The molecule has 2 aliphatic rings. The number of nitrogens with zero attached hydrogens (tertiary/aromatic N) is 3. The highest BCUT2D eigenvalue weighted by atomic mass is 16.5. The summed E-state index contributed by atoms with van der Waals surface area (Å²) in [4.78, 5) is 11.3. The number of aryl methyl sites for hydroxylation is 1. The van der Waals surface area contributed by atoms with Crippen molar-refractivity contribution in [2.24, 2.45) is 5.41 Å². The molecule has 1 saturated carbocycles. The summed E-state index contributed by atoms with van der Waals surface area (Å²) in [5.41, 5.74) is 0.907. The van der Waals surface area contributed by atoms with E-state index in [0.717, 1.165) is 49.8 Å². The summed E-state index contributed by atoms with van der Waals surface area (Å²) in [5, 5.41) is 13.2. The first-order valence-electron chi connectivity index (χ1n) is 7.58. The number of ether oxygens (including phenoxy) is 1. The minimum absolute atomic E-state index is 0.0547. The fourth-order valence-corrected chi connectivity index (χ4v) is 3.66. The molecule has 0 unspecified atom stereocenters. The molecule has 6 heteroatoms. The molecule has 1 aromatic heterocycles. The Labute approximate surface area is 125 Å². The van der Waals surface area contributed by atoms with Crippen molar-refractivity contribution in [3.63, 3.8) is 0 Å². The molecular formula is C15H24N4O2. The number of methoxy groups -OCH3 is 1. The lowest BCUT2D eigenvalue weighted by molar-refractivity contribution is -0.190. The second-order valence-electron chi connectivity index (χ2n) is 6.14. The Kier molecular flexibility index (Phi) is 3.75. The third kappa shape index (κ3) is 2.36. The summed E-state index contributed by atoms with van der Waals surface area (Å²) >= 11 is 0. The summed E-state index contributed by atoms with van der Waals surface area (Å²) in [7, 11) is 3.61. The average molecular weight is 292 g/mol. The summed E-state index contributed by atoms with van der Waals surface area (Å²) in [5.74, 6) is 1.62. The highest BCUT2D eigenvalue weighted by molar-refractivity contribution is 5.43. The van der Waals surface area contributed by atoms with Gasteiger partial charge >= 0.3 is 0 Å². The van der Waals surface area contributed by atoms with Crippen molar-refractivity contribution in [2.45, 2.75) is 38.4 Å². The maximum absolute atomic E-state index is 10.2. The van der Waals surface area contributed by atoms with Crippen molar-refractivity contribution in [2.75, 3.05) is 37.5 Å². The van der Waals surface area contributed by atoms with Crippen LogP contribution >= 0.6 is 0 Å². The molecule has 3 rings (SSSR count). The fraction of sp³-hybridized carbons (Fsp3) is 0.733. The van der Waals surface area contributed by atoms with E-state index in [2.05, 4.69) is 20.2 Å². The molecule has 1 spiro atoms. The molecular weight excluding hydrogens is 268 g/mol. The van der Waals surface area contributed by atoms with Crippen LogP contribution in [0, 0.1) is 12.3 Å². The summed E-state index contributed by atoms with van der Waals surface area (Å²) in [6, 6.07) is 1.94. The van der Waals surface area contributed by atoms with Gasteiger partial charge in [0.15, 0.2) is 0 Å². The van der Waals surface area contributed by atoms with Gasteiger partial charge < -0.3 is 20.1 Å². The molecule has 0 radical (unpaired) electrons. The van der Waals surface area contributed by atoms with Crippen LogP contribution in [0.25, 0.3) is 0 Å². The molecule has 1 aliphatic heterocycles. The largest absolute Gasteiger partial charge is 0.392 e. The predicted octanol–water partition coefficient (Wildman–Crippen LogP) is 1.19. The Morgan fingerprint density at radius 3 is 2.67 bits per heavy atom. The molecule has 1 aromatic rings. The van der Waals surface area contributed by atoms with E-state index in [1.54, 1.807) is 7.11 Å². The lowest BCUT2D eigenvalue weighted by atomic mass is 9.58. The van der Waals surface area contributed by atoms with Crippen LogP contribution in [0.3, 0.4) is 0 Å². The molecule has 2 heterocycles. The Balaban J connectivity index is 1.73. The normalized spacial score (nSPS) is 27.5. The van der Waals surface area contributed by atoms with Crippen LogP contribution in [0.4, 0.5) is 11.8 Å². The Morgan fingerprint density at radius 2 is 2.10 bits per heavy atom. The molecule has 21 heavy (non-hydrogen) atoms. The number of nitrogens with one attached hydrogen (secondary N) is 1. The van der Waals surface area contributed by atoms with E-state index in [0.29, 0.717) is 0 Å². The van der Waals surface area contributed by atoms with E-state index >= 15 is 0 Å². The molecule has 0 aromatic carbocycles. The third-order valence-corrected chi connectivity index (χ3v) is 5.10. The van der Waals surface area contributed by atoms with Gasteiger partial charge in [0.2, 0.25) is 5.95 Å². The van der Waals surface area contributed by atoms with Crippen LogP contribution in [0.2, 0.25) is 0 Å². The molecule has 2 N–H and O–H groups in total. The molecule has 0 amide bonds. The number of aliphatic hydroxyl groups is 1. The van der Waals surface area contributed by atoms with Gasteiger partial charge in [0.05, 0.1) is 12.2 Å². The van der Waals surface area contributed by atoms with Crippen LogP contribution in [-0.4, -0.2) is 54.5 Å². The maximum atomic E-state index is 10.2. The molecule has 1 aliphatic carbocycles. The van der Waals surface area contributed by atoms with Gasteiger partial charge in [-0.25, -0.2) is 4.98 Å². The molecule has 6 nitrogen and oxygen atoms in total. The monoisotopic (exact) mass is 292 g/mol. The maximum Gasteiger partial charge on any atom is 0.227 e. The van der Waals surface area contributed by atoms with Crippen molar-refractivity contribution in [3.8, 4) is 0 Å². The van der Waals surface area contributed by atoms with Crippen molar-refractivity contribution >= 4 is 11.8 Å². The lowest BCUT2D eigenvalue weighted by Gasteiger charge is -2.56. The van der Waals surface area contributed by atoms with Crippen LogP contribution in [0.15, 0.2) is 6.07 Å². The Morgan fingerprint density at radius 1 is 1.38 bits per heavy atom. The molecule has 1 saturated heterocycles. The van der Waals surface area contributed by atoms with Gasteiger partial charge in [-0.3, -0.25) is 0 Å². The average Bonchev–Trinajstić information content (AvgIpc) is 2.51. The van der Waals surface area contributed by atoms with E-state index in [9.17, 15) is 5.11 Å². The minimum atomic E-state index is -0.226. The van der Waals surface area contributed by atoms with E-state index in [1.807, 2.05) is 20.0 Å². The van der Waals surface area contributed by atoms with Gasteiger partial charge in [-0.15, -0.1) is 0 Å². The summed E-state index contributed by atoms with van der Waals surface area (Å²) < 4.78 is 5.53. The second kappa shape index (κ2) is 5.42. The predicted molar refractivity (Wildman–Crippen MR) is 81.6 cm³/mol. The van der Waals surface area contributed by atoms with Crippen molar-refractivity contribution in [1.82, 2.24) is 9.97 Å². The van der Waals surface area contributed by atoms with Crippen LogP contribution in [0.5, 0.6) is 0 Å². The zero-order valence-corrected chi connectivity index (χ0v) is 13.0. The quantitative estimate of drug-likeness (QED) is 0.872. The Hall–Kier alpha value is -1.40. The molecule has 2 atom stereocenters. The molecule has 116 valence electrons. The van der Waals surface area contributed by atoms with E-state index < -0.39 is 0 Å². The summed E-state index contributed by atoms with van der Waals surface area (Å²) in [6.45, 7) is 3.71. The number of aromatic nitrogens is 2. The first-order valence-corrected chi connectivity index (χ1v) is 7.58. The number of hydrogen-bond acceptors (Lipinski definition) is 6. The number of anilines is 2. The molecule has 2 fully saturated rings. The standard InChI is InChI=1S/C15H24N4O2/c1-10-8-13(16-2)18-14(17-10)19-6-4-15(5-7-19)11(20)9-12(15)21-3/h8,11-12,20H,4-7,9H2,1-3H3,(H,16,17,18)/t11-,12+/m0/s1. The zero-order chi connectivity index (χ0) is 15.0. The van der Waals surface area contributed by atoms with Crippen LogP contribution in [-0.2, 0) is 4.74 Å². The zero-order valence-electron chi connectivity index (χ0n) is 13.0. The number of rotatable bonds is 3. The van der Waals surface area contributed by atoms with Crippen LogP contribution in [0.1, 0.15) is 25.0 Å². The first kappa shape index (κ1) is 14.5. The first-order chi connectivity index (χ1) is 10.1. The minimum Gasteiger partial charge on any atom is -0.392 e. The third-order valence-electron chi connectivity index (χ3n) is 5.10. The van der Waals surface area contributed by atoms with Crippen molar-refractivity contribution < 1.29 is 9.84 Å². The topological polar surface area (TPSA) is 70.5 Å². The van der Waals surface area contributed by atoms with Gasteiger partial charge in [0.25, 0.3) is 0 Å². The lowest BCUT2D eigenvalue weighted by Crippen LogP contribution is -2.62. The van der Waals surface area contributed by atoms with Gasteiger partial charge in [0.1, 0.15) is 5.82 Å². The van der Waals surface area contributed by atoms with E-state index in [-0.39, 0.29) is 17.6 Å². The van der Waals surface area contributed by atoms with Gasteiger partial charge in [-0.2, -0.15) is 4.98 Å². The Bertz CT molecular complexity index is 514. The van der Waals surface area contributed by atoms with Crippen molar-refractivity contribution in [1.29, 1.82) is 0 Å². The smallest absolute Gasteiger partial charge is 0.227 e. The van der Waals surface area contributed by atoms with Gasteiger partial charge in [0, 0.05) is 50.8 Å². The summed E-state index contributed by atoms with van der Waals surface area (Å²) in [6.07, 6.45) is 2.59. The number of piperidine rings is 1. The van der Waals surface area contributed by atoms with E-state index in [1.165, 1.54) is 0 Å². The fourth-order valence-electron chi connectivity index (χ4n) is 3.66. The van der Waals surface area contributed by atoms with E-state index in [4.69, 9.17) is 4.74 Å². The van der Waals surface area contributed by atoms with Gasteiger partial charge in [-0.05, 0) is 19.8 Å². The highest BCUT2D eigenvalue weighted by Gasteiger charge is 2.55. The SMILES string of the molecule is CNc1cc(C)nc(N2CCC3(CC2)[C@@H](O)C[C@H]3OC)n1. The van der Waals surface area contributed by atoms with Gasteiger partial charge in [-0.1, -0.05) is 0 Å². The molecule has 0 bridgehead atoms. The number of aliphatic hydroxyl groups excluding tert-OH is 1. The number of hydrogen-bond donors (Lipinski definition) is 2. The van der Waals surface area contributed by atoms with Crippen molar-refractivity contribution in [3.05, 3.63) is 11.8 Å². The second-order valence-corrected chi connectivity index (χ2v) is 6.14.